The van der Waals surface area contributed by atoms with Crippen LogP contribution in [0.5, 0.6) is 0 Å². The molecule has 0 unspecified atom stereocenters. The second-order valence-corrected chi connectivity index (χ2v) is 7.07. The quantitative estimate of drug-likeness (QED) is 0.514. The minimum atomic E-state index is -0.134. The SMILES string of the molecule is Cc1nc2scc(-c3ccccc3)c2c(=O)n1/N=C\c1cccs1. The molecule has 0 aliphatic rings. The van der Waals surface area contributed by atoms with Crippen LogP contribution in [0.2, 0.25) is 0 Å². The van der Waals surface area contributed by atoms with Crippen LogP contribution in [0.15, 0.2) is 63.1 Å². The number of aryl methyl sites for hydroxylation is 1. The van der Waals surface area contributed by atoms with Gasteiger partial charge in [0.1, 0.15) is 10.7 Å². The van der Waals surface area contributed by atoms with Crippen LogP contribution in [0.4, 0.5) is 0 Å². The maximum Gasteiger partial charge on any atom is 0.283 e. The van der Waals surface area contributed by atoms with Crippen molar-refractivity contribution in [2.24, 2.45) is 5.10 Å². The van der Waals surface area contributed by atoms with Gasteiger partial charge in [-0.05, 0) is 23.9 Å². The van der Waals surface area contributed by atoms with Crippen LogP contribution >= 0.6 is 22.7 Å². The summed E-state index contributed by atoms with van der Waals surface area (Å²) in [5.74, 6) is 0.585. The smallest absolute Gasteiger partial charge is 0.267 e. The highest BCUT2D eigenvalue weighted by molar-refractivity contribution is 7.17. The van der Waals surface area contributed by atoms with E-state index in [-0.39, 0.29) is 5.56 Å². The molecule has 3 heterocycles. The number of hydrogen-bond acceptors (Lipinski definition) is 5. The molecular weight excluding hydrogens is 338 g/mol. The molecule has 0 saturated carbocycles. The van der Waals surface area contributed by atoms with E-state index >= 15 is 0 Å². The molecule has 118 valence electrons. The van der Waals surface area contributed by atoms with Gasteiger partial charge in [-0.3, -0.25) is 4.79 Å². The first kappa shape index (κ1) is 15.0. The lowest BCUT2D eigenvalue weighted by molar-refractivity contribution is 0.773. The van der Waals surface area contributed by atoms with Crippen molar-refractivity contribution in [3.8, 4) is 11.1 Å². The van der Waals surface area contributed by atoms with Crippen molar-refractivity contribution in [2.45, 2.75) is 6.92 Å². The van der Waals surface area contributed by atoms with Gasteiger partial charge in [-0.25, -0.2) is 4.98 Å². The second kappa shape index (κ2) is 6.14. The molecule has 1 aromatic carbocycles. The van der Waals surface area contributed by atoms with Gasteiger partial charge in [-0.1, -0.05) is 36.4 Å². The Hall–Kier alpha value is -2.57. The molecule has 4 aromatic rings. The van der Waals surface area contributed by atoms with E-state index in [0.29, 0.717) is 11.2 Å². The van der Waals surface area contributed by atoms with Crippen molar-refractivity contribution in [3.05, 3.63) is 74.3 Å². The number of benzene rings is 1. The number of aromatic nitrogens is 2. The molecule has 0 fully saturated rings. The first-order chi connectivity index (χ1) is 11.7. The molecule has 0 saturated heterocycles. The maximum absolute atomic E-state index is 13.0. The Balaban J connectivity index is 1.91. The minimum absolute atomic E-state index is 0.134. The van der Waals surface area contributed by atoms with Crippen molar-refractivity contribution < 1.29 is 0 Å². The molecule has 0 bridgehead atoms. The van der Waals surface area contributed by atoms with E-state index in [1.54, 1.807) is 24.5 Å². The number of nitrogens with zero attached hydrogens (tertiary/aromatic N) is 3. The number of hydrogen-bond donors (Lipinski definition) is 0. The van der Waals surface area contributed by atoms with Gasteiger partial charge in [-0.2, -0.15) is 9.78 Å². The number of fused-ring (bicyclic) bond motifs is 1. The highest BCUT2D eigenvalue weighted by Crippen LogP contribution is 2.30. The van der Waals surface area contributed by atoms with Crippen molar-refractivity contribution in [1.82, 2.24) is 9.66 Å². The zero-order valence-electron chi connectivity index (χ0n) is 12.8. The highest BCUT2D eigenvalue weighted by Gasteiger charge is 2.14. The summed E-state index contributed by atoms with van der Waals surface area (Å²) in [5.41, 5.74) is 1.79. The van der Waals surface area contributed by atoms with Crippen LogP contribution in [0.3, 0.4) is 0 Å². The Kier molecular flexibility index (Phi) is 3.84. The van der Waals surface area contributed by atoms with Crippen molar-refractivity contribution in [2.75, 3.05) is 0 Å². The van der Waals surface area contributed by atoms with Crippen LogP contribution in [0.1, 0.15) is 10.7 Å². The topological polar surface area (TPSA) is 47.2 Å². The molecule has 0 atom stereocenters. The first-order valence-corrected chi connectivity index (χ1v) is 9.14. The van der Waals surface area contributed by atoms with E-state index in [9.17, 15) is 4.79 Å². The van der Waals surface area contributed by atoms with Crippen molar-refractivity contribution in [1.29, 1.82) is 0 Å². The largest absolute Gasteiger partial charge is 0.283 e. The van der Waals surface area contributed by atoms with E-state index in [1.807, 2.05) is 53.2 Å². The molecule has 0 N–H and O–H groups in total. The monoisotopic (exact) mass is 351 g/mol. The van der Waals surface area contributed by atoms with Crippen LogP contribution in [-0.4, -0.2) is 15.9 Å². The average Bonchev–Trinajstić information content (AvgIpc) is 3.25. The van der Waals surface area contributed by atoms with E-state index in [2.05, 4.69) is 10.1 Å². The number of rotatable bonds is 3. The summed E-state index contributed by atoms with van der Waals surface area (Å²) < 4.78 is 1.38. The lowest BCUT2D eigenvalue weighted by Crippen LogP contribution is -2.20. The summed E-state index contributed by atoms with van der Waals surface area (Å²) in [5, 5.41) is 8.93. The fourth-order valence-electron chi connectivity index (χ4n) is 2.53. The lowest BCUT2D eigenvalue weighted by atomic mass is 10.1. The minimum Gasteiger partial charge on any atom is -0.267 e. The van der Waals surface area contributed by atoms with Gasteiger partial charge < -0.3 is 0 Å². The van der Waals surface area contributed by atoms with Crippen LogP contribution in [-0.2, 0) is 0 Å². The van der Waals surface area contributed by atoms with Gasteiger partial charge in [-0.15, -0.1) is 22.7 Å². The molecule has 4 rings (SSSR count). The molecule has 3 aromatic heterocycles. The zero-order chi connectivity index (χ0) is 16.5. The van der Waals surface area contributed by atoms with Crippen LogP contribution < -0.4 is 5.56 Å². The average molecular weight is 351 g/mol. The van der Waals surface area contributed by atoms with E-state index in [0.717, 1.165) is 20.8 Å². The summed E-state index contributed by atoms with van der Waals surface area (Å²) in [6.45, 7) is 1.80. The lowest BCUT2D eigenvalue weighted by Gasteiger charge is -2.04. The Morgan fingerprint density at radius 2 is 1.96 bits per heavy atom. The first-order valence-electron chi connectivity index (χ1n) is 7.38. The summed E-state index contributed by atoms with van der Waals surface area (Å²) in [6.07, 6.45) is 1.70. The molecule has 0 spiro atoms. The maximum atomic E-state index is 13.0. The summed E-state index contributed by atoms with van der Waals surface area (Å²) in [6, 6.07) is 13.8. The molecule has 0 radical (unpaired) electrons. The third-order valence-electron chi connectivity index (χ3n) is 3.68. The van der Waals surface area contributed by atoms with Crippen molar-refractivity contribution >= 4 is 39.1 Å². The van der Waals surface area contributed by atoms with E-state index in [1.165, 1.54) is 16.0 Å². The normalized spacial score (nSPS) is 11.5. The third kappa shape index (κ3) is 2.60. The Labute approximate surface area is 146 Å². The molecule has 24 heavy (non-hydrogen) atoms. The van der Waals surface area contributed by atoms with Gasteiger partial charge in [0.05, 0.1) is 11.6 Å². The van der Waals surface area contributed by atoms with Gasteiger partial charge in [0.15, 0.2) is 0 Å². The fourth-order valence-corrected chi connectivity index (χ4v) is 4.09. The standard InChI is InChI=1S/C18H13N3OS2/c1-12-20-17-16(15(11-24-17)13-6-3-2-4-7-13)18(22)21(12)19-10-14-8-5-9-23-14/h2-11H,1H3/b19-10-. The molecular formula is C18H13N3OS2. The Morgan fingerprint density at radius 3 is 2.71 bits per heavy atom. The van der Waals surface area contributed by atoms with E-state index < -0.39 is 0 Å². The van der Waals surface area contributed by atoms with Gasteiger partial charge in [0.2, 0.25) is 0 Å². The molecule has 6 heteroatoms. The second-order valence-electron chi connectivity index (χ2n) is 5.23. The summed E-state index contributed by atoms with van der Waals surface area (Å²) in [7, 11) is 0. The molecule has 0 amide bonds. The summed E-state index contributed by atoms with van der Waals surface area (Å²) >= 11 is 3.06. The fraction of sp³-hybridized carbons (Fsp3) is 0.0556. The third-order valence-corrected chi connectivity index (χ3v) is 5.36. The van der Waals surface area contributed by atoms with Crippen LogP contribution in [0, 0.1) is 6.92 Å². The van der Waals surface area contributed by atoms with Crippen molar-refractivity contribution in [3.63, 3.8) is 0 Å². The van der Waals surface area contributed by atoms with E-state index in [4.69, 9.17) is 0 Å². The zero-order valence-corrected chi connectivity index (χ0v) is 14.5. The highest BCUT2D eigenvalue weighted by atomic mass is 32.1. The van der Waals surface area contributed by atoms with Gasteiger partial charge >= 0.3 is 0 Å². The molecule has 0 aliphatic heterocycles. The van der Waals surface area contributed by atoms with Gasteiger partial charge in [0.25, 0.3) is 5.56 Å². The molecule has 4 nitrogen and oxygen atoms in total. The molecule has 0 aliphatic carbocycles. The van der Waals surface area contributed by atoms with Gasteiger partial charge in [0, 0.05) is 15.8 Å². The predicted molar refractivity (Wildman–Crippen MR) is 101 cm³/mol. The summed E-state index contributed by atoms with van der Waals surface area (Å²) in [4.78, 5) is 19.3. The van der Waals surface area contributed by atoms with Crippen LogP contribution in [0.25, 0.3) is 21.3 Å². The Morgan fingerprint density at radius 1 is 1.12 bits per heavy atom. The number of thiophene rings is 2. The Bertz CT molecular complexity index is 1080. The predicted octanol–water partition coefficient (Wildman–Crippen LogP) is 4.38.